The van der Waals surface area contributed by atoms with Gasteiger partial charge in [0.2, 0.25) is 16.9 Å². The van der Waals surface area contributed by atoms with Gasteiger partial charge in [0.15, 0.2) is 0 Å². The highest BCUT2D eigenvalue weighted by molar-refractivity contribution is 7.18. The Morgan fingerprint density at radius 3 is 2.62 bits per heavy atom. The van der Waals surface area contributed by atoms with Gasteiger partial charge < -0.3 is 5.32 Å². The van der Waals surface area contributed by atoms with E-state index >= 15 is 0 Å². The first-order valence-corrected chi connectivity index (χ1v) is 8.67. The molecule has 2 amide bonds. The van der Waals surface area contributed by atoms with Crippen molar-refractivity contribution in [1.29, 1.82) is 0 Å². The molecule has 0 unspecified atom stereocenters. The summed E-state index contributed by atoms with van der Waals surface area (Å²) in [7, 11) is 0. The molecule has 7 heteroatoms. The van der Waals surface area contributed by atoms with Crippen molar-refractivity contribution < 1.29 is 9.59 Å². The van der Waals surface area contributed by atoms with Crippen LogP contribution in [-0.4, -0.2) is 28.1 Å². The van der Waals surface area contributed by atoms with Crippen LogP contribution in [0.3, 0.4) is 0 Å². The molecule has 128 valence electrons. The molecule has 1 heterocycles. The average molecular weight is 346 g/mol. The van der Waals surface area contributed by atoms with Gasteiger partial charge in [-0.25, -0.2) is 0 Å². The number of aryl methyl sites for hydroxylation is 1. The number of carbonyl (C=O) groups is 2. The van der Waals surface area contributed by atoms with Gasteiger partial charge in [0.1, 0.15) is 11.0 Å². The minimum Gasteiger partial charge on any atom is -0.345 e. The molecule has 6 nitrogen and oxygen atoms in total. The van der Waals surface area contributed by atoms with Crippen LogP contribution in [0.5, 0.6) is 0 Å². The quantitative estimate of drug-likeness (QED) is 0.842. The van der Waals surface area contributed by atoms with Gasteiger partial charge in [-0.2, -0.15) is 0 Å². The van der Waals surface area contributed by atoms with Crippen LogP contribution < -0.4 is 10.6 Å². The molecule has 0 saturated heterocycles. The van der Waals surface area contributed by atoms with E-state index in [9.17, 15) is 9.59 Å². The number of carbonyl (C=O) groups excluding carboxylic acids is 2. The van der Waals surface area contributed by atoms with Crippen LogP contribution in [0.15, 0.2) is 24.3 Å². The molecule has 2 rings (SSSR count). The lowest BCUT2D eigenvalue weighted by atomic mass is 10.1. The van der Waals surface area contributed by atoms with E-state index in [1.165, 1.54) is 11.3 Å². The number of rotatable bonds is 6. The fourth-order valence-electron chi connectivity index (χ4n) is 2.12. The zero-order valence-corrected chi connectivity index (χ0v) is 15.1. The molecule has 0 saturated carbocycles. The summed E-state index contributed by atoms with van der Waals surface area (Å²) in [6, 6.07) is 7.31. The monoisotopic (exact) mass is 346 g/mol. The Morgan fingerprint density at radius 2 is 1.96 bits per heavy atom. The van der Waals surface area contributed by atoms with Crippen molar-refractivity contribution >= 4 is 28.3 Å². The third-order valence-electron chi connectivity index (χ3n) is 3.28. The van der Waals surface area contributed by atoms with Crippen LogP contribution in [-0.2, 0) is 9.59 Å². The molecule has 24 heavy (non-hydrogen) atoms. The first kappa shape index (κ1) is 18.1. The number of hydrogen-bond donors (Lipinski definition) is 2. The Morgan fingerprint density at radius 1 is 1.21 bits per heavy atom. The van der Waals surface area contributed by atoms with Crippen molar-refractivity contribution in [2.75, 3.05) is 5.32 Å². The van der Waals surface area contributed by atoms with Crippen molar-refractivity contribution in [3.05, 3.63) is 29.8 Å². The Hall–Kier alpha value is -2.28. The average Bonchev–Trinajstić information content (AvgIpc) is 2.94. The van der Waals surface area contributed by atoms with Crippen LogP contribution in [0.25, 0.3) is 10.6 Å². The van der Waals surface area contributed by atoms with Crippen molar-refractivity contribution in [3.8, 4) is 10.6 Å². The molecule has 0 aliphatic rings. The van der Waals surface area contributed by atoms with Crippen LogP contribution in [0.1, 0.15) is 32.8 Å². The molecule has 1 aromatic carbocycles. The van der Waals surface area contributed by atoms with Gasteiger partial charge in [-0.15, -0.1) is 10.2 Å². The molecule has 0 spiro atoms. The van der Waals surface area contributed by atoms with Crippen molar-refractivity contribution in [2.24, 2.45) is 5.92 Å². The van der Waals surface area contributed by atoms with Crippen LogP contribution >= 0.6 is 11.3 Å². The lowest BCUT2D eigenvalue weighted by molar-refractivity contribution is -0.126. The topological polar surface area (TPSA) is 84.0 Å². The summed E-state index contributed by atoms with van der Waals surface area (Å²) in [6.07, 6.45) is 0.397. The second-order valence-electron chi connectivity index (χ2n) is 6.16. The summed E-state index contributed by atoms with van der Waals surface area (Å²) in [6.45, 7) is 7.57. The fraction of sp³-hybridized carbons (Fsp3) is 0.412. The molecule has 0 aliphatic heterocycles. The van der Waals surface area contributed by atoms with E-state index in [1.54, 1.807) is 6.92 Å². The van der Waals surface area contributed by atoms with Crippen LogP contribution in [0.4, 0.5) is 5.13 Å². The molecule has 2 aromatic rings. The lowest BCUT2D eigenvalue weighted by Gasteiger charge is -2.13. The van der Waals surface area contributed by atoms with Crippen LogP contribution in [0, 0.1) is 12.8 Å². The summed E-state index contributed by atoms with van der Waals surface area (Å²) >= 11 is 1.30. The van der Waals surface area contributed by atoms with Gasteiger partial charge in [0.05, 0.1) is 0 Å². The highest BCUT2D eigenvalue weighted by atomic mass is 32.1. The number of amides is 2. The summed E-state index contributed by atoms with van der Waals surface area (Å²) in [5.41, 5.74) is 2.10. The van der Waals surface area contributed by atoms with E-state index in [0.29, 0.717) is 11.6 Å². The summed E-state index contributed by atoms with van der Waals surface area (Å²) in [4.78, 5) is 23.9. The maximum atomic E-state index is 12.1. The molecular weight excluding hydrogens is 324 g/mol. The number of anilines is 1. The molecule has 2 N–H and O–H groups in total. The smallest absolute Gasteiger partial charge is 0.248 e. The van der Waals surface area contributed by atoms with E-state index in [1.807, 2.05) is 45.0 Å². The third-order valence-corrected chi connectivity index (χ3v) is 4.17. The largest absolute Gasteiger partial charge is 0.345 e. The summed E-state index contributed by atoms with van der Waals surface area (Å²) in [5.74, 6) is -0.190. The SMILES string of the molecule is Cc1cccc(-c2nnc(NC(=O)[C@H](C)NC(=O)CC(C)C)s2)c1. The maximum absolute atomic E-state index is 12.1. The number of nitrogens with zero attached hydrogens (tertiary/aromatic N) is 2. The highest BCUT2D eigenvalue weighted by Gasteiger charge is 2.18. The Balaban J connectivity index is 1.96. The van der Waals surface area contributed by atoms with Gasteiger partial charge in [-0.1, -0.05) is 48.9 Å². The normalized spacial score (nSPS) is 12.0. The highest BCUT2D eigenvalue weighted by Crippen LogP contribution is 2.26. The second kappa shape index (κ2) is 8.01. The zero-order chi connectivity index (χ0) is 17.7. The van der Waals surface area contributed by atoms with Gasteiger partial charge in [-0.05, 0) is 25.8 Å². The van der Waals surface area contributed by atoms with E-state index in [2.05, 4.69) is 20.8 Å². The predicted octanol–water partition coefficient (Wildman–Crippen LogP) is 3.00. The van der Waals surface area contributed by atoms with Crippen LogP contribution in [0.2, 0.25) is 0 Å². The minimum absolute atomic E-state index is 0.134. The number of benzene rings is 1. The first-order chi connectivity index (χ1) is 11.3. The predicted molar refractivity (Wildman–Crippen MR) is 95.8 cm³/mol. The lowest BCUT2D eigenvalue weighted by Crippen LogP contribution is -2.41. The summed E-state index contributed by atoms with van der Waals surface area (Å²) < 4.78 is 0. The zero-order valence-electron chi connectivity index (χ0n) is 14.3. The minimum atomic E-state index is -0.623. The number of nitrogens with one attached hydrogen (secondary N) is 2. The molecule has 0 radical (unpaired) electrons. The Labute approximate surface area is 145 Å². The van der Waals surface area contributed by atoms with E-state index < -0.39 is 6.04 Å². The van der Waals surface area contributed by atoms with E-state index in [4.69, 9.17) is 0 Å². The maximum Gasteiger partial charge on any atom is 0.248 e. The van der Waals surface area contributed by atoms with Gasteiger partial charge in [0.25, 0.3) is 0 Å². The first-order valence-electron chi connectivity index (χ1n) is 7.86. The Kier molecular flexibility index (Phi) is 6.03. The van der Waals surface area contributed by atoms with Crippen molar-refractivity contribution in [1.82, 2.24) is 15.5 Å². The molecule has 1 aromatic heterocycles. The van der Waals surface area contributed by atoms with Gasteiger partial charge >= 0.3 is 0 Å². The van der Waals surface area contributed by atoms with E-state index in [0.717, 1.165) is 16.1 Å². The van der Waals surface area contributed by atoms with Crippen molar-refractivity contribution in [2.45, 2.75) is 40.2 Å². The number of aromatic nitrogens is 2. The molecular formula is C17H22N4O2S. The van der Waals surface area contributed by atoms with Gasteiger partial charge in [0, 0.05) is 12.0 Å². The molecule has 0 fully saturated rings. The molecule has 1 atom stereocenters. The number of hydrogen-bond acceptors (Lipinski definition) is 5. The van der Waals surface area contributed by atoms with E-state index in [-0.39, 0.29) is 17.7 Å². The molecule has 0 bridgehead atoms. The molecule has 0 aliphatic carbocycles. The standard InChI is InChI=1S/C17H22N4O2S/c1-10(2)8-14(22)18-12(4)15(23)19-17-21-20-16(24-17)13-7-5-6-11(3)9-13/h5-7,9-10,12H,8H2,1-4H3,(H,18,22)(H,19,21,23)/t12-/m0/s1. The fourth-order valence-corrected chi connectivity index (χ4v) is 2.86. The van der Waals surface area contributed by atoms with Gasteiger partial charge in [-0.3, -0.25) is 14.9 Å². The van der Waals surface area contributed by atoms with Crippen molar-refractivity contribution in [3.63, 3.8) is 0 Å². The second-order valence-corrected chi connectivity index (χ2v) is 7.14. The summed E-state index contributed by atoms with van der Waals surface area (Å²) in [5, 5.41) is 14.6. The third kappa shape index (κ3) is 5.13. The Bertz CT molecular complexity index is 727.